The number of ether oxygens (including phenoxy) is 1. The van der Waals surface area contributed by atoms with Gasteiger partial charge in [0.1, 0.15) is 11.3 Å². The molecule has 1 amide bonds. The summed E-state index contributed by atoms with van der Waals surface area (Å²) in [6, 6.07) is 11.9. The molecule has 0 aliphatic carbocycles. The van der Waals surface area contributed by atoms with Gasteiger partial charge in [-0.15, -0.1) is 0 Å². The molecule has 0 saturated carbocycles. The molecule has 0 bridgehead atoms. The maximum atomic E-state index is 11.9. The number of phenolic OH excluding ortho intramolecular Hbond substituents is 1. The lowest BCUT2D eigenvalue weighted by atomic mass is 10.1. The number of benzene rings is 2. The number of hydrogen-bond donors (Lipinski definition) is 2. The fraction of sp³-hybridized carbons (Fsp3) is 0.222. The van der Waals surface area contributed by atoms with Crippen molar-refractivity contribution < 1.29 is 19.4 Å². The Hall–Kier alpha value is -3.02. The van der Waals surface area contributed by atoms with E-state index in [1.807, 2.05) is 31.1 Å². The van der Waals surface area contributed by atoms with Crippen molar-refractivity contribution in [3.8, 4) is 5.75 Å². The highest BCUT2D eigenvalue weighted by Crippen LogP contribution is 2.19. The Morgan fingerprint density at radius 2 is 1.79 bits per heavy atom. The molecular weight excluding hydrogens is 308 g/mol. The van der Waals surface area contributed by atoms with Gasteiger partial charge in [0.25, 0.3) is 5.91 Å². The number of carbonyl (C=O) groups is 2. The molecule has 2 aromatic rings. The monoisotopic (exact) mass is 328 g/mol. The molecule has 2 rings (SSSR count). The Bertz CT molecular complexity index is 739. The maximum absolute atomic E-state index is 11.9. The highest BCUT2D eigenvalue weighted by molar-refractivity contribution is 5.96. The van der Waals surface area contributed by atoms with Gasteiger partial charge in [-0.25, -0.2) is 4.79 Å². The molecule has 0 radical (unpaired) electrons. The Kier molecular flexibility index (Phi) is 5.42. The summed E-state index contributed by atoms with van der Waals surface area (Å²) in [6.45, 7) is 1.37. The Morgan fingerprint density at radius 1 is 1.12 bits per heavy atom. The zero-order chi connectivity index (χ0) is 17.7. The van der Waals surface area contributed by atoms with Crippen molar-refractivity contribution in [2.75, 3.05) is 30.9 Å². The van der Waals surface area contributed by atoms with Gasteiger partial charge in [-0.05, 0) is 48.9 Å². The molecular formula is C18H20N2O4. The van der Waals surface area contributed by atoms with Crippen LogP contribution in [0.25, 0.3) is 0 Å². The highest BCUT2D eigenvalue weighted by Gasteiger charge is 2.14. The standard InChI is InChI=1S/C18H20N2O4/c1-12-4-9-15(16(21)10-12)18(23)24-11-17(22)19-13-5-7-14(8-6-13)20(2)3/h4-10,21H,11H2,1-3H3,(H,19,22). The third kappa shape index (κ3) is 4.49. The molecule has 126 valence electrons. The Labute approximate surface area is 140 Å². The van der Waals surface area contributed by atoms with Crippen LogP contribution in [-0.2, 0) is 9.53 Å². The summed E-state index contributed by atoms with van der Waals surface area (Å²) in [6.07, 6.45) is 0. The summed E-state index contributed by atoms with van der Waals surface area (Å²) in [5, 5.41) is 12.4. The number of anilines is 2. The number of aryl methyl sites for hydroxylation is 1. The summed E-state index contributed by atoms with van der Waals surface area (Å²) < 4.78 is 4.93. The van der Waals surface area contributed by atoms with Crippen LogP contribution in [0.1, 0.15) is 15.9 Å². The van der Waals surface area contributed by atoms with Gasteiger partial charge in [-0.2, -0.15) is 0 Å². The van der Waals surface area contributed by atoms with Gasteiger partial charge in [-0.1, -0.05) is 6.07 Å². The number of amides is 1. The summed E-state index contributed by atoms with van der Waals surface area (Å²) in [5.74, 6) is -1.36. The van der Waals surface area contributed by atoms with E-state index >= 15 is 0 Å². The molecule has 0 aromatic heterocycles. The second kappa shape index (κ2) is 7.50. The Morgan fingerprint density at radius 3 is 2.38 bits per heavy atom. The Balaban J connectivity index is 1.89. The molecule has 2 N–H and O–H groups in total. The van der Waals surface area contributed by atoms with E-state index in [4.69, 9.17) is 4.74 Å². The number of aromatic hydroxyl groups is 1. The molecule has 0 fully saturated rings. The van der Waals surface area contributed by atoms with E-state index in [-0.39, 0.29) is 11.3 Å². The molecule has 0 heterocycles. The van der Waals surface area contributed by atoms with Crippen LogP contribution in [0.5, 0.6) is 5.75 Å². The molecule has 6 nitrogen and oxygen atoms in total. The topological polar surface area (TPSA) is 78.9 Å². The first-order chi connectivity index (χ1) is 11.4. The first kappa shape index (κ1) is 17.3. The number of nitrogens with zero attached hydrogens (tertiary/aromatic N) is 1. The van der Waals surface area contributed by atoms with Crippen LogP contribution in [-0.4, -0.2) is 37.7 Å². The zero-order valence-corrected chi connectivity index (χ0v) is 13.9. The SMILES string of the molecule is Cc1ccc(C(=O)OCC(=O)Nc2ccc(N(C)C)cc2)c(O)c1. The van der Waals surface area contributed by atoms with Crippen molar-refractivity contribution in [2.45, 2.75) is 6.92 Å². The zero-order valence-electron chi connectivity index (χ0n) is 13.9. The fourth-order valence-corrected chi connectivity index (χ4v) is 2.06. The maximum Gasteiger partial charge on any atom is 0.342 e. The van der Waals surface area contributed by atoms with Crippen LogP contribution in [0, 0.1) is 6.92 Å². The van der Waals surface area contributed by atoms with Gasteiger partial charge in [0.15, 0.2) is 6.61 Å². The van der Waals surface area contributed by atoms with Crippen molar-refractivity contribution in [3.05, 3.63) is 53.6 Å². The number of nitrogens with one attached hydrogen (secondary N) is 1. The summed E-state index contributed by atoms with van der Waals surface area (Å²) in [7, 11) is 3.85. The van der Waals surface area contributed by atoms with Crippen molar-refractivity contribution in [3.63, 3.8) is 0 Å². The van der Waals surface area contributed by atoms with Crippen LogP contribution in [0.15, 0.2) is 42.5 Å². The van der Waals surface area contributed by atoms with E-state index in [1.54, 1.807) is 25.1 Å². The van der Waals surface area contributed by atoms with Crippen LogP contribution < -0.4 is 10.2 Å². The second-order valence-electron chi connectivity index (χ2n) is 5.59. The van der Waals surface area contributed by atoms with Crippen molar-refractivity contribution in [2.24, 2.45) is 0 Å². The molecule has 2 aromatic carbocycles. The number of carbonyl (C=O) groups excluding carboxylic acids is 2. The average molecular weight is 328 g/mol. The van der Waals surface area contributed by atoms with Gasteiger partial charge in [0.2, 0.25) is 0 Å². The smallest absolute Gasteiger partial charge is 0.342 e. The van der Waals surface area contributed by atoms with E-state index in [0.29, 0.717) is 5.69 Å². The third-order valence-corrected chi connectivity index (χ3v) is 3.37. The molecule has 24 heavy (non-hydrogen) atoms. The van der Waals surface area contributed by atoms with Crippen molar-refractivity contribution >= 4 is 23.3 Å². The average Bonchev–Trinajstić information content (AvgIpc) is 2.53. The lowest BCUT2D eigenvalue weighted by Crippen LogP contribution is -2.21. The van der Waals surface area contributed by atoms with Crippen LogP contribution >= 0.6 is 0 Å². The second-order valence-corrected chi connectivity index (χ2v) is 5.59. The molecule has 0 atom stereocenters. The van der Waals surface area contributed by atoms with E-state index in [2.05, 4.69) is 5.32 Å². The quantitative estimate of drug-likeness (QED) is 0.825. The number of esters is 1. The van der Waals surface area contributed by atoms with Gasteiger partial charge >= 0.3 is 5.97 Å². The van der Waals surface area contributed by atoms with E-state index in [0.717, 1.165) is 11.3 Å². The van der Waals surface area contributed by atoms with Crippen molar-refractivity contribution in [1.82, 2.24) is 0 Å². The lowest BCUT2D eigenvalue weighted by molar-refractivity contribution is -0.119. The lowest BCUT2D eigenvalue weighted by Gasteiger charge is -2.13. The minimum absolute atomic E-state index is 0.0312. The van der Waals surface area contributed by atoms with Gasteiger partial charge in [0.05, 0.1) is 0 Å². The molecule has 0 aliphatic heterocycles. The minimum atomic E-state index is -0.745. The summed E-state index contributed by atoms with van der Waals surface area (Å²) in [4.78, 5) is 25.7. The fourth-order valence-electron chi connectivity index (χ4n) is 2.06. The van der Waals surface area contributed by atoms with Crippen molar-refractivity contribution in [1.29, 1.82) is 0 Å². The predicted octanol–water partition coefficient (Wildman–Crippen LogP) is 2.56. The number of phenols is 1. The first-order valence-corrected chi connectivity index (χ1v) is 7.41. The first-order valence-electron chi connectivity index (χ1n) is 7.41. The molecule has 6 heteroatoms. The van der Waals surface area contributed by atoms with Gasteiger partial charge in [-0.3, -0.25) is 4.79 Å². The molecule has 0 unspecified atom stereocenters. The molecule has 0 saturated heterocycles. The number of rotatable bonds is 5. The van der Waals surface area contributed by atoms with Crippen LogP contribution in [0.3, 0.4) is 0 Å². The van der Waals surface area contributed by atoms with E-state index in [1.165, 1.54) is 12.1 Å². The largest absolute Gasteiger partial charge is 0.507 e. The van der Waals surface area contributed by atoms with Gasteiger partial charge < -0.3 is 20.1 Å². The minimum Gasteiger partial charge on any atom is -0.507 e. The predicted molar refractivity (Wildman–Crippen MR) is 92.5 cm³/mol. The summed E-state index contributed by atoms with van der Waals surface area (Å²) in [5.41, 5.74) is 2.47. The normalized spacial score (nSPS) is 10.1. The van der Waals surface area contributed by atoms with Crippen LogP contribution in [0.2, 0.25) is 0 Å². The highest BCUT2D eigenvalue weighted by atomic mass is 16.5. The molecule has 0 spiro atoms. The third-order valence-electron chi connectivity index (χ3n) is 3.37. The van der Waals surface area contributed by atoms with Gasteiger partial charge in [0, 0.05) is 25.5 Å². The molecule has 0 aliphatic rings. The van der Waals surface area contributed by atoms with E-state index < -0.39 is 18.5 Å². The number of hydrogen-bond acceptors (Lipinski definition) is 5. The van der Waals surface area contributed by atoms with Crippen LogP contribution in [0.4, 0.5) is 11.4 Å². The van der Waals surface area contributed by atoms with E-state index in [9.17, 15) is 14.7 Å². The summed E-state index contributed by atoms with van der Waals surface area (Å²) >= 11 is 0.